The first-order valence-electron chi connectivity index (χ1n) is 5.57. The van der Waals surface area contributed by atoms with Crippen molar-refractivity contribution in [2.24, 2.45) is 0 Å². The van der Waals surface area contributed by atoms with Crippen LogP contribution in [0, 0.1) is 24.1 Å². The highest BCUT2D eigenvalue weighted by Gasteiger charge is 2.07. The fourth-order valence-electron chi connectivity index (χ4n) is 1.57. The molecule has 0 fully saturated rings. The lowest BCUT2D eigenvalue weighted by atomic mass is 10.1. The fourth-order valence-corrected chi connectivity index (χ4v) is 1.57. The van der Waals surface area contributed by atoms with Crippen LogP contribution in [0.4, 0.5) is 4.39 Å². The lowest BCUT2D eigenvalue weighted by Gasteiger charge is -2.07. The molecule has 0 saturated carbocycles. The van der Waals surface area contributed by atoms with Gasteiger partial charge in [0.1, 0.15) is 24.2 Å². The van der Waals surface area contributed by atoms with Crippen LogP contribution in [-0.4, -0.2) is 0 Å². The van der Waals surface area contributed by atoms with Crippen molar-refractivity contribution in [3.63, 3.8) is 0 Å². The van der Waals surface area contributed by atoms with E-state index in [0.29, 0.717) is 11.3 Å². The van der Waals surface area contributed by atoms with Crippen LogP contribution in [0.2, 0.25) is 0 Å². The smallest absolute Gasteiger partial charge is 0.147 e. The number of aryl methyl sites for hydroxylation is 1. The molecule has 0 heterocycles. The Morgan fingerprint density at radius 1 is 1.17 bits per heavy atom. The SMILES string of the molecule is Cc1ccc(OCc2cccc(C#N)c2F)cc1. The highest BCUT2D eigenvalue weighted by atomic mass is 19.1. The summed E-state index contributed by atoms with van der Waals surface area (Å²) >= 11 is 0. The number of hydrogen-bond donors (Lipinski definition) is 0. The number of hydrogen-bond acceptors (Lipinski definition) is 2. The number of ether oxygens (including phenoxy) is 1. The second-order valence-corrected chi connectivity index (χ2v) is 3.99. The molecule has 3 heteroatoms. The number of halogens is 1. The Morgan fingerprint density at radius 3 is 2.56 bits per heavy atom. The normalized spacial score (nSPS) is 9.83. The van der Waals surface area contributed by atoms with Gasteiger partial charge in [-0.05, 0) is 25.1 Å². The molecular formula is C15H12FNO. The van der Waals surface area contributed by atoms with Crippen LogP contribution in [0.25, 0.3) is 0 Å². The molecule has 0 aromatic heterocycles. The van der Waals surface area contributed by atoms with E-state index in [0.717, 1.165) is 5.56 Å². The van der Waals surface area contributed by atoms with Crippen molar-refractivity contribution in [1.29, 1.82) is 5.26 Å². The van der Waals surface area contributed by atoms with E-state index in [4.69, 9.17) is 10.00 Å². The van der Waals surface area contributed by atoms with Gasteiger partial charge >= 0.3 is 0 Å². The van der Waals surface area contributed by atoms with E-state index in [1.54, 1.807) is 12.1 Å². The highest BCUT2D eigenvalue weighted by Crippen LogP contribution is 2.17. The molecule has 2 rings (SSSR count). The number of nitrogens with zero attached hydrogens (tertiary/aromatic N) is 1. The number of rotatable bonds is 3. The molecule has 0 N–H and O–H groups in total. The average Bonchev–Trinajstić information content (AvgIpc) is 2.39. The summed E-state index contributed by atoms with van der Waals surface area (Å²) in [6, 6.07) is 14.0. The lowest BCUT2D eigenvalue weighted by molar-refractivity contribution is 0.299. The quantitative estimate of drug-likeness (QED) is 0.822. The monoisotopic (exact) mass is 241 g/mol. The van der Waals surface area contributed by atoms with Gasteiger partial charge in [-0.3, -0.25) is 0 Å². The minimum atomic E-state index is -0.507. The first kappa shape index (κ1) is 12.1. The van der Waals surface area contributed by atoms with Gasteiger partial charge in [-0.25, -0.2) is 4.39 Å². The second kappa shape index (κ2) is 5.33. The molecule has 0 amide bonds. The third-order valence-electron chi connectivity index (χ3n) is 2.61. The van der Waals surface area contributed by atoms with E-state index in [1.807, 2.05) is 37.3 Å². The Bertz CT molecular complexity index is 584. The summed E-state index contributed by atoms with van der Waals surface area (Å²) in [6.07, 6.45) is 0. The zero-order valence-electron chi connectivity index (χ0n) is 9.98. The van der Waals surface area contributed by atoms with Crippen LogP contribution in [0.3, 0.4) is 0 Å². The molecule has 0 aliphatic rings. The summed E-state index contributed by atoms with van der Waals surface area (Å²) in [7, 11) is 0. The largest absolute Gasteiger partial charge is 0.489 e. The van der Waals surface area contributed by atoms with Gasteiger partial charge in [0.25, 0.3) is 0 Å². The Balaban J connectivity index is 2.11. The van der Waals surface area contributed by atoms with Gasteiger partial charge in [-0.2, -0.15) is 5.26 Å². The van der Waals surface area contributed by atoms with E-state index in [-0.39, 0.29) is 12.2 Å². The lowest BCUT2D eigenvalue weighted by Crippen LogP contribution is -2.00. The number of nitriles is 1. The van der Waals surface area contributed by atoms with Gasteiger partial charge in [-0.1, -0.05) is 29.8 Å². The van der Waals surface area contributed by atoms with E-state index in [2.05, 4.69) is 0 Å². The van der Waals surface area contributed by atoms with E-state index in [9.17, 15) is 4.39 Å². The van der Waals surface area contributed by atoms with Crippen molar-refractivity contribution >= 4 is 0 Å². The molecule has 0 radical (unpaired) electrons. The third kappa shape index (κ3) is 2.67. The Kier molecular flexibility index (Phi) is 3.59. The topological polar surface area (TPSA) is 33.0 Å². The average molecular weight is 241 g/mol. The molecule has 0 atom stereocenters. The van der Waals surface area contributed by atoms with Crippen LogP contribution in [-0.2, 0) is 6.61 Å². The Hall–Kier alpha value is -2.34. The van der Waals surface area contributed by atoms with Crippen LogP contribution in [0.15, 0.2) is 42.5 Å². The van der Waals surface area contributed by atoms with Gasteiger partial charge in [0.05, 0.1) is 5.56 Å². The minimum Gasteiger partial charge on any atom is -0.489 e. The maximum absolute atomic E-state index is 13.7. The maximum atomic E-state index is 13.7. The van der Waals surface area contributed by atoms with Gasteiger partial charge in [-0.15, -0.1) is 0 Å². The predicted molar refractivity (Wildman–Crippen MR) is 66.6 cm³/mol. The summed E-state index contributed by atoms with van der Waals surface area (Å²) in [5.41, 5.74) is 1.56. The molecule has 0 unspecified atom stereocenters. The fraction of sp³-hybridized carbons (Fsp3) is 0.133. The van der Waals surface area contributed by atoms with Gasteiger partial charge in [0, 0.05) is 5.56 Å². The molecule has 0 bridgehead atoms. The molecule has 0 aliphatic heterocycles. The summed E-state index contributed by atoms with van der Waals surface area (Å²) in [6.45, 7) is 2.10. The molecule has 0 saturated heterocycles. The maximum Gasteiger partial charge on any atom is 0.147 e. The van der Waals surface area contributed by atoms with Crippen molar-refractivity contribution in [3.8, 4) is 11.8 Å². The van der Waals surface area contributed by atoms with Gasteiger partial charge in [0.15, 0.2) is 0 Å². The van der Waals surface area contributed by atoms with Crippen molar-refractivity contribution < 1.29 is 9.13 Å². The van der Waals surface area contributed by atoms with Crippen LogP contribution in [0.1, 0.15) is 16.7 Å². The van der Waals surface area contributed by atoms with Gasteiger partial charge < -0.3 is 4.74 Å². The third-order valence-corrected chi connectivity index (χ3v) is 2.61. The van der Waals surface area contributed by atoms with Crippen molar-refractivity contribution in [2.75, 3.05) is 0 Å². The standard InChI is InChI=1S/C15H12FNO/c1-11-5-7-14(8-6-11)18-10-13-4-2-3-12(9-17)15(13)16/h2-8H,10H2,1H3. The minimum absolute atomic E-state index is 0.0417. The zero-order chi connectivity index (χ0) is 13.0. The summed E-state index contributed by atoms with van der Waals surface area (Å²) in [4.78, 5) is 0. The van der Waals surface area contributed by atoms with E-state index in [1.165, 1.54) is 6.07 Å². The van der Waals surface area contributed by atoms with Crippen LogP contribution in [0.5, 0.6) is 5.75 Å². The van der Waals surface area contributed by atoms with Crippen molar-refractivity contribution in [2.45, 2.75) is 13.5 Å². The summed E-state index contributed by atoms with van der Waals surface area (Å²) in [5, 5.41) is 8.73. The van der Waals surface area contributed by atoms with Crippen molar-refractivity contribution in [3.05, 3.63) is 65.0 Å². The molecule has 2 aromatic carbocycles. The highest BCUT2D eigenvalue weighted by molar-refractivity contribution is 5.35. The molecule has 0 spiro atoms. The first-order valence-corrected chi connectivity index (χ1v) is 5.57. The zero-order valence-corrected chi connectivity index (χ0v) is 9.98. The molecule has 2 aromatic rings. The molecule has 18 heavy (non-hydrogen) atoms. The van der Waals surface area contributed by atoms with E-state index < -0.39 is 5.82 Å². The summed E-state index contributed by atoms with van der Waals surface area (Å²) < 4.78 is 19.2. The Morgan fingerprint density at radius 2 is 1.89 bits per heavy atom. The first-order chi connectivity index (χ1) is 8.70. The van der Waals surface area contributed by atoms with Gasteiger partial charge in [0.2, 0.25) is 0 Å². The molecular weight excluding hydrogens is 229 g/mol. The molecule has 2 nitrogen and oxygen atoms in total. The Labute approximate surface area is 105 Å². The van der Waals surface area contributed by atoms with Crippen molar-refractivity contribution in [1.82, 2.24) is 0 Å². The van der Waals surface area contributed by atoms with Crippen LogP contribution < -0.4 is 4.74 Å². The van der Waals surface area contributed by atoms with Crippen LogP contribution >= 0.6 is 0 Å². The number of benzene rings is 2. The molecule has 90 valence electrons. The predicted octanol–water partition coefficient (Wildman–Crippen LogP) is 3.58. The summed E-state index contributed by atoms with van der Waals surface area (Å²) in [5.74, 6) is 0.175. The second-order valence-electron chi connectivity index (χ2n) is 3.99. The van der Waals surface area contributed by atoms with E-state index >= 15 is 0 Å². The molecule has 0 aliphatic carbocycles.